The summed E-state index contributed by atoms with van der Waals surface area (Å²) in [7, 11) is 0. The third-order valence-corrected chi connectivity index (χ3v) is 3.41. The summed E-state index contributed by atoms with van der Waals surface area (Å²) in [5.41, 5.74) is 6.81. The number of nitrogens with two attached hydrogens (primary N) is 1. The molecule has 1 aromatic rings. The number of nitrogen functional groups attached to an aromatic ring is 1. The van der Waals surface area contributed by atoms with Gasteiger partial charge in [0, 0.05) is 25.0 Å². The summed E-state index contributed by atoms with van der Waals surface area (Å²) in [5, 5.41) is 0. The van der Waals surface area contributed by atoms with E-state index >= 15 is 0 Å². The van der Waals surface area contributed by atoms with Crippen LogP contribution in [-0.4, -0.2) is 28.9 Å². The largest absolute Gasteiger partial charge is 0.397 e. The number of nitrogens with zero attached hydrogens (tertiary/aromatic N) is 1. The van der Waals surface area contributed by atoms with E-state index in [1.54, 1.807) is 12.3 Å². The maximum absolute atomic E-state index is 12.0. The quantitative estimate of drug-likeness (QED) is 0.800. The zero-order valence-electron chi connectivity index (χ0n) is 9.70. The number of aromatic amines is 1. The maximum atomic E-state index is 12.0. The van der Waals surface area contributed by atoms with Crippen molar-refractivity contribution in [1.82, 2.24) is 9.88 Å². The second-order valence-electron chi connectivity index (χ2n) is 4.49. The zero-order valence-corrected chi connectivity index (χ0v) is 9.70. The molecule has 0 atom stereocenters. The number of rotatable bonds is 2. The molecule has 0 bridgehead atoms. The van der Waals surface area contributed by atoms with E-state index in [1.807, 2.05) is 4.90 Å². The lowest BCUT2D eigenvalue weighted by atomic mass is 9.94. The molecule has 1 saturated heterocycles. The molecule has 2 heterocycles. The van der Waals surface area contributed by atoms with Gasteiger partial charge in [0.05, 0.1) is 0 Å². The highest BCUT2D eigenvalue weighted by Crippen LogP contribution is 2.21. The van der Waals surface area contributed by atoms with Gasteiger partial charge in [0.25, 0.3) is 5.91 Å². The van der Waals surface area contributed by atoms with Crippen molar-refractivity contribution >= 4 is 11.6 Å². The van der Waals surface area contributed by atoms with Crippen LogP contribution in [0.5, 0.6) is 0 Å². The highest BCUT2D eigenvalue weighted by molar-refractivity contribution is 5.93. The molecule has 1 amide bonds. The monoisotopic (exact) mass is 221 g/mol. The van der Waals surface area contributed by atoms with E-state index in [2.05, 4.69) is 11.9 Å². The number of piperidine rings is 1. The second kappa shape index (κ2) is 4.60. The smallest absolute Gasteiger partial charge is 0.270 e. The van der Waals surface area contributed by atoms with Crippen molar-refractivity contribution in [3.8, 4) is 0 Å². The first-order valence-electron chi connectivity index (χ1n) is 5.94. The fraction of sp³-hybridized carbons (Fsp3) is 0.583. The Morgan fingerprint density at radius 2 is 2.25 bits per heavy atom. The molecule has 2 rings (SSSR count). The second-order valence-corrected chi connectivity index (χ2v) is 4.49. The molecule has 0 aromatic carbocycles. The van der Waals surface area contributed by atoms with Crippen LogP contribution in [0, 0.1) is 5.92 Å². The molecule has 0 radical (unpaired) electrons. The number of nitrogens with one attached hydrogen (secondary N) is 1. The van der Waals surface area contributed by atoms with E-state index in [0.29, 0.717) is 11.4 Å². The topological polar surface area (TPSA) is 62.1 Å². The van der Waals surface area contributed by atoms with Crippen molar-refractivity contribution in [2.45, 2.75) is 26.2 Å². The minimum atomic E-state index is 0.0752. The Kier molecular flexibility index (Phi) is 3.17. The van der Waals surface area contributed by atoms with E-state index in [-0.39, 0.29) is 5.91 Å². The number of hydrogen-bond acceptors (Lipinski definition) is 2. The van der Waals surface area contributed by atoms with Gasteiger partial charge in [-0.1, -0.05) is 13.3 Å². The number of anilines is 1. The minimum absolute atomic E-state index is 0.0752. The molecule has 0 unspecified atom stereocenters. The number of amides is 1. The number of H-pyrrole nitrogens is 1. The third-order valence-electron chi connectivity index (χ3n) is 3.41. The van der Waals surface area contributed by atoms with Gasteiger partial charge < -0.3 is 15.6 Å². The van der Waals surface area contributed by atoms with E-state index < -0.39 is 0 Å². The summed E-state index contributed by atoms with van der Waals surface area (Å²) in [4.78, 5) is 16.9. The molecule has 1 aromatic heterocycles. The lowest BCUT2D eigenvalue weighted by Gasteiger charge is -2.31. The van der Waals surface area contributed by atoms with Crippen molar-refractivity contribution in [3.05, 3.63) is 18.0 Å². The standard InChI is InChI=1S/C12H19N3O/c1-2-9-3-5-15(6-4-9)12(16)11-7-10(13)8-14-11/h7-9,14H,2-6,13H2,1H3. The van der Waals surface area contributed by atoms with Crippen LogP contribution in [0.1, 0.15) is 36.7 Å². The average molecular weight is 221 g/mol. The Balaban J connectivity index is 1.96. The maximum Gasteiger partial charge on any atom is 0.270 e. The molecule has 1 aliphatic rings. The van der Waals surface area contributed by atoms with E-state index in [0.717, 1.165) is 31.8 Å². The van der Waals surface area contributed by atoms with Crippen molar-refractivity contribution < 1.29 is 4.79 Å². The number of hydrogen-bond donors (Lipinski definition) is 2. The Morgan fingerprint density at radius 1 is 1.56 bits per heavy atom. The van der Waals surface area contributed by atoms with Crippen molar-refractivity contribution in [3.63, 3.8) is 0 Å². The minimum Gasteiger partial charge on any atom is -0.397 e. The van der Waals surface area contributed by atoms with Crippen LogP contribution in [0.4, 0.5) is 5.69 Å². The van der Waals surface area contributed by atoms with Gasteiger partial charge in [-0.05, 0) is 24.8 Å². The highest BCUT2D eigenvalue weighted by Gasteiger charge is 2.23. The predicted octanol–water partition coefficient (Wildman–Crippen LogP) is 1.86. The van der Waals surface area contributed by atoms with Crippen LogP contribution in [0.15, 0.2) is 12.3 Å². The van der Waals surface area contributed by atoms with Gasteiger partial charge in [-0.15, -0.1) is 0 Å². The molecule has 0 saturated carbocycles. The summed E-state index contributed by atoms with van der Waals surface area (Å²) in [6.45, 7) is 3.96. The van der Waals surface area contributed by atoms with Crippen LogP contribution in [0.25, 0.3) is 0 Å². The van der Waals surface area contributed by atoms with Gasteiger partial charge in [0.1, 0.15) is 5.69 Å². The molecule has 4 heteroatoms. The molecule has 1 fully saturated rings. The van der Waals surface area contributed by atoms with Gasteiger partial charge in [-0.25, -0.2) is 0 Å². The highest BCUT2D eigenvalue weighted by atomic mass is 16.2. The summed E-state index contributed by atoms with van der Waals surface area (Å²) in [6, 6.07) is 1.70. The Hall–Kier alpha value is -1.45. The lowest BCUT2D eigenvalue weighted by molar-refractivity contribution is 0.0683. The number of likely N-dealkylation sites (tertiary alicyclic amines) is 1. The number of carbonyl (C=O) groups excluding carboxylic acids is 1. The summed E-state index contributed by atoms with van der Waals surface area (Å²) >= 11 is 0. The predicted molar refractivity (Wildman–Crippen MR) is 64.1 cm³/mol. The molecular formula is C12H19N3O. The first kappa shape index (κ1) is 11.0. The lowest BCUT2D eigenvalue weighted by Crippen LogP contribution is -2.38. The first-order valence-corrected chi connectivity index (χ1v) is 5.94. The molecule has 88 valence electrons. The first-order chi connectivity index (χ1) is 7.70. The number of aromatic nitrogens is 1. The summed E-state index contributed by atoms with van der Waals surface area (Å²) in [6.07, 6.45) is 5.13. The van der Waals surface area contributed by atoms with Crippen LogP contribution in [0.2, 0.25) is 0 Å². The van der Waals surface area contributed by atoms with Crippen molar-refractivity contribution in [1.29, 1.82) is 0 Å². The van der Waals surface area contributed by atoms with Crippen LogP contribution in [0.3, 0.4) is 0 Å². The molecule has 0 spiro atoms. The third kappa shape index (κ3) is 2.21. The average Bonchev–Trinajstić information content (AvgIpc) is 2.75. The normalized spacial score (nSPS) is 17.7. The van der Waals surface area contributed by atoms with Gasteiger partial charge in [-0.3, -0.25) is 4.79 Å². The van der Waals surface area contributed by atoms with Gasteiger partial charge in [-0.2, -0.15) is 0 Å². The molecule has 3 N–H and O–H groups in total. The fourth-order valence-electron chi connectivity index (χ4n) is 2.25. The van der Waals surface area contributed by atoms with Crippen LogP contribution >= 0.6 is 0 Å². The Bertz CT molecular complexity index is 364. The summed E-state index contributed by atoms with van der Waals surface area (Å²) in [5.74, 6) is 0.865. The van der Waals surface area contributed by atoms with E-state index in [4.69, 9.17) is 5.73 Å². The molecule has 4 nitrogen and oxygen atoms in total. The molecule has 1 aliphatic heterocycles. The van der Waals surface area contributed by atoms with Crippen molar-refractivity contribution in [2.24, 2.45) is 5.92 Å². The fourth-order valence-corrected chi connectivity index (χ4v) is 2.25. The van der Waals surface area contributed by atoms with Crippen molar-refractivity contribution in [2.75, 3.05) is 18.8 Å². The van der Waals surface area contributed by atoms with Crippen LogP contribution < -0.4 is 5.73 Å². The Labute approximate surface area is 95.8 Å². The van der Waals surface area contributed by atoms with E-state index in [1.165, 1.54) is 6.42 Å². The molecule has 0 aliphatic carbocycles. The summed E-state index contributed by atoms with van der Waals surface area (Å²) < 4.78 is 0. The molecular weight excluding hydrogens is 202 g/mol. The van der Waals surface area contributed by atoms with Gasteiger partial charge in [0.2, 0.25) is 0 Å². The Morgan fingerprint density at radius 3 is 2.75 bits per heavy atom. The SMILES string of the molecule is CCC1CCN(C(=O)c2cc(N)c[nH]2)CC1. The van der Waals surface area contributed by atoms with Gasteiger partial charge >= 0.3 is 0 Å². The number of carbonyl (C=O) groups is 1. The van der Waals surface area contributed by atoms with Crippen LogP contribution in [-0.2, 0) is 0 Å². The van der Waals surface area contributed by atoms with Gasteiger partial charge in [0.15, 0.2) is 0 Å². The zero-order chi connectivity index (χ0) is 11.5. The van der Waals surface area contributed by atoms with E-state index in [9.17, 15) is 4.79 Å². The molecule has 16 heavy (non-hydrogen) atoms.